The predicted molar refractivity (Wildman–Crippen MR) is 109 cm³/mol. The number of hydrogen-bond donors (Lipinski definition) is 3. The van der Waals surface area contributed by atoms with Crippen molar-refractivity contribution in [3.8, 4) is 0 Å². The summed E-state index contributed by atoms with van der Waals surface area (Å²) < 4.78 is 6.16. The Hall–Kier alpha value is -1.20. The average molecular weight is 490 g/mol. The SMILES string of the molecule is C=COCCCNC(=O)[C@H]1[C@@H]([C@@H](C)O)[C@@H](CO)ON1Cc1ccc(I)cc1. The molecule has 0 unspecified atom stereocenters. The molecule has 0 saturated carbocycles. The number of carbonyl (C=O) groups excluding carboxylic acids is 1. The highest BCUT2D eigenvalue weighted by Crippen LogP contribution is 2.32. The Morgan fingerprint density at radius 2 is 2.19 bits per heavy atom. The lowest BCUT2D eigenvalue weighted by atomic mass is 9.89. The second-order valence-corrected chi connectivity index (χ2v) is 7.72. The molecule has 0 bridgehead atoms. The molecule has 2 rings (SSSR count). The van der Waals surface area contributed by atoms with Gasteiger partial charge in [-0.1, -0.05) is 18.7 Å². The number of nitrogens with one attached hydrogen (secondary N) is 1. The molecule has 1 saturated heterocycles. The molecule has 1 amide bonds. The zero-order valence-electron chi connectivity index (χ0n) is 15.4. The van der Waals surface area contributed by atoms with Crippen LogP contribution in [0.5, 0.6) is 0 Å². The van der Waals surface area contributed by atoms with Gasteiger partial charge in [0.05, 0.1) is 32.1 Å². The van der Waals surface area contributed by atoms with E-state index >= 15 is 0 Å². The molecular weight excluding hydrogens is 463 g/mol. The van der Waals surface area contributed by atoms with Crippen LogP contribution in [-0.4, -0.2) is 59.2 Å². The van der Waals surface area contributed by atoms with Gasteiger partial charge in [-0.15, -0.1) is 0 Å². The quantitative estimate of drug-likeness (QED) is 0.261. The molecule has 1 fully saturated rings. The van der Waals surface area contributed by atoms with E-state index in [4.69, 9.17) is 9.57 Å². The third-order valence-corrected chi connectivity index (χ3v) is 5.21. The molecule has 0 radical (unpaired) electrons. The van der Waals surface area contributed by atoms with Crippen LogP contribution in [0.2, 0.25) is 0 Å². The molecule has 7 nitrogen and oxygen atoms in total. The minimum Gasteiger partial charge on any atom is -0.502 e. The number of carbonyl (C=O) groups is 1. The van der Waals surface area contributed by atoms with E-state index in [-0.39, 0.29) is 12.5 Å². The monoisotopic (exact) mass is 490 g/mol. The van der Waals surface area contributed by atoms with Crippen molar-refractivity contribution in [1.82, 2.24) is 10.4 Å². The Morgan fingerprint density at radius 1 is 1.48 bits per heavy atom. The van der Waals surface area contributed by atoms with Crippen LogP contribution in [0.4, 0.5) is 0 Å². The van der Waals surface area contributed by atoms with Gasteiger partial charge < -0.3 is 20.3 Å². The summed E-state index contributed by atoms with van der Waals surface area (Å²) in [5.41, 5.74) is 0.982. The van der Waals surface area contributed by atoms with E-state index in [9.17, 15) is 15.0 Å². The van der Waals surface area contributed by atoms with Crippen molar-refractivity contribution >= 4 is 28.5 Å². The second kappa shape index (κ2) is 11.0. The van der Waals surface area contributed by atoms with Crippen molar-refractivity contribution in [3.63, 3.8) is 0 Å². The zero-order chi connectivity index (χ0) is 19.8. The number of halogens is 1. The van der Waals surface area contributed by atoms with Gasteiger partial charge in [-0.25, -0.2) is 0 Å². The summed E-state index contributed by atoms with van der Waals surface area (Å²) in [6.07, 6.45) is 0.577. The van der Waals surface area contributed by atoms with E-state index in [0.717, 1.165) is 9.13 Å². The van der Waals surface area contributed by atoms with E-state index < -0.39 is 24.2 Å². The number of hydrogen-bond acceptors (Lipinski definition) is 6. The van der Waals surface area contributed by atoms with Crippen LogP contribution in [0.1, 0.15) is 18.9 Å². The Morgan fingerprint density at radius 3 is 2.78 bits per heavy atom. The van der Waals surface area contributed by atoms with E-state index in [2.05, 4.69) is 34.5 Å². The van der Waals surface area contributed by atoms with Crippen molar-refractivity contribution < 1.29 is 24.6 Å². The molecule has 0 aromatic heterocycles. The number of amides is 1. The Labute approximate surface area is 173 Å². The molecule has 4 atom stereocenters. The molecule has 1 aliphatic rings. The van der Waals surface area contributed by atoms with Crippen LogP contribution >= 0.6 is 22.6 Å². The third-order valence-electron chi connectivity index (χ3n) is 4.49. The fourth-order valence-electron chi connectivity index (χ4n) is 3.20. The maximum atomic E-state index is 12.8. The van der Waals surface area contributed by atoms with Crippen molar-refractivity contribution in [2.45, 2.75) is 38.1 Å². The number of aliphatic hydroxyl groups excluding tert-OH is 2. The third kappa shape index (κ3) is 6.15. The lowest BCUT2D eigenvalue weighted by molar-refractivity contribution is -0.181. The number of ether oxygens (including phenoxy) is 1. The molecule has 27 heavy (non-hydrogen) atoms. The molecule has 1 aliphatic heterocycles. The Bertz CT molecular complexity index is 611. The van der Waals surface area contributed by atoms with Crippen LogP contribution in [0.15, 0.2) is 37.1 Å². The van der Waals surface area contributed by atoms with E-state index in [1.165, 1.54) is 6.26 Å². The molecule has 1 aromatic carbocycles. The van der Waals surface area contributed by atoms with Gasteiger partial charge in [0.15, 0.2) is 0 Å². The van der Waals surface area contributed by atoms with Gasteiger partial charge in [0.2, 0.25) is 5.91 Å². The number of rotatable bonds is 10. The summed E-state index contributed by atoms with van der Waals surface area (Å²) >= 11 is 2.23. The van der Waals surface area contributed by atoms with E-state index in [1.54, 1.807) is 12.0 Å². The summed E-state index contributed by atoms with van der Waals surface area (Å²) in [6.45, 7) is 6.11. The second-order valence-electron chi connectivity index (χ2n) is 6.47. The maximum Gasteiger partial charge on any atom is 0.240 e. The van der Waals surface area contributed by atoms with Crippen molar-refractivity contribution in [3.05, 3.63) is 46.2 Å². The highest BCUT2D eigenvalue weighted by atomic mass is 127. The van der Waals surface area contributed by atoms with Gasteiger partial charge in [-0.05, 0) is 53.6 Å². The van der Waals surface area contributed by atoms with Gasteiger partial charge >= 0.3 is 0 Å². The van der Waals surface area contributed by atoms with Crippen molar-refractivity contribution in [2.24, 2.45) is 5.92 Å². The summed E-state index contributed by atoms with van der Waals surface area (Å²) in [4.78, 5) is 18.6. The molecule has 1 aromatic rings. The molecule has 0 aliphatic carbocycles. The smallest absolute Gasteiger partial charge is 0.240 e. The summed E-state index contributed by atoms with van der Waals surface area (Å²) in [5.74, 6) is -0.760. The first-order valence-corrected chi connectivity index (χ1v) is 10.0. The minimum absolute atomic E-state index is 0.235. The fourth-order valence-corrected chi connectivity index (χ4v) is 3.56. The van der Waals surface area contributed by atoms with Gasteiger partial charge in [-0.2, -0.15) is 5.06 Å². The Balaban J connectivity index is 2.10. The minimum atomic E-state index is -0.802. The lowest BCUT2D eigenvalue weighted by Crippen LogP contribution is -2.49. The first-order chi connectivity index (χ1) is 13.0. The standard InChI is InChI=1S/C19H27IN2O5/c1-3-26-10-4-9-21-19(25)18-17(13(2)24)16(12-23)27-22(18)11-14-5-7-15(20)8-6-14/h3,5-8,13,16-18,23-24H,1,4,9-12H2,2H3,(H,21,25)/t13-,16-,17+,18-/m1/s1. The number of nitrogens with zero attached hydrogens (tertiary/aromatic N) is 1. The van der Waals surface area contributed by atoms with Gasteiger partial charge in [0.25, 0.3) is 0 Å². The molecule has 1 heterocycles. The van der Waals surface area contributed by atoms with Crippen LogP contribution in [0, 0.1) is 9.49 Å². The van der Waals surface area contributed by atoms with E-state index in [1.807, 2.05) is 24.3 Å². The average Bonchev–Trinajstić information content (AvgIpc) is 3.02. The number of benzene rings is 1. The highest BCUT2D eigenvalue weighted by Gasteiger charge is 2.49. The van der Waals surface area contributed by atoms with Gasteiger partial charge in [0.1, 0.15) is 12.1 Å². The van der Waals surface area contributed by atoms with Crippen LogP contribution in [0.25, 0.3) is 0 Å². The van der Waals surface area contributed by atoms with Gasteiger partial charge in [-0.3, -0.25) is 9.63 Å². The van der Waals surface area contributed by atoms with Crippen molar-refractivity contribution in [2.75, 3.05) is 19.8 Å². The maximum absolute atomic E-state index is 12.8. The zero-order valence-corrected chi connectivity index (χ0v) is 17.5. The van der Waals surface area contributed by atoms with Crippen LogP contribution < -0.4 is 5.32 Å². The largest absolute Gasteiger partial charge is 0.502 e. The number of hydroxylamine groups is 2. The summed E-state index contributed by atoms with van der Waals surface area (Å²) in [6, 6.07) is 7.21. The van der Waals surface area contributed by atoms with Gasteiger partial charge in [0, 0.05) is 16.0 Å². The van der Waals surface area contributed by atoms with Crippen LogP contribution in [-0.2, 0) is 20.9 Å². The summed E-state index contributed by atoms with van der Waals surface area (Å²) in [5, 5.41) is 24.3. The topological polar surface area (TPSA) is 91.3 Å². The highest BCUT2D eigenvalue weighted by molar-refractivity contribution is 14.1. The van der Waals surface area contributed by atoms with Crippen molar-refractivity contribution in [1.29, 1.82) is 0 Å². The molecule has 0 spiro atoms. The normalized spacial score (nSPS) is 23.8. The molecule has 3 N–H and O–H groups in total. The Kier molecular flexibility index (Phi) is 8.97. The number of aliphatic hydroxyl groups is 2. The fraction of sp³-hybridized carbons (Fsp3) is 0.526. The predicted octanol–water partition coefficient (Wildman–Crippen LogP) is 1.43. The molecule has 150 valence electrons. The first-order valence-electron chi connectivity index (χ1n) is 8.95. The molecule has 8 heteroatoms. The first kappa shape index (κ1) is 22.1. The lowest BCUT2D eigenvalue weighted by Gasteiger charge is -2.26. The summed E-state index contributed by atoms with van der Waals surface area (Å²) in [7, 11) is 0. The molecular formula is C19H27IN2O5. The van der Waals surface area contributed by atoms with Crippen LogP contribution in [0.3, 0.4) is 0 Å². The van der Waals surface area contributed by atoms with E-state index in [0.29, 0.717) is 26.1 Å².